The van der Waals surface area contributed by atoms with Crippen LogP contribution in [0, 0.1) is 0 Å². The Bertz CT molecular complexity index is 816. The Morgan fingerprint density at radius 1 is 0.880 bits per heavy atom. The van der Waals surface area contributed by atoms with E-state index >= 15 is 0 Å². The molecule has 3 aromatic rings. The Labute approximate surface area is 148 Å². The maximum absolute atomic E-state index is 12.7. The Morgan fingerprint density at radius 2 is 1.48 bits per heavy atom. The molecule has 3 nitrogen and oxygen atoms in total. The lowest BCUT2D eigenvalue weighted by Crippen LogP contribution is -2.32. The van der Waals surface area contributed by atoms with Crippen molar-refractivity contribution < 1.29 is 9.53 Å². The Balaban J connectivity index is 1.78. The van der Waals surface area contributed by atoms with E-state index in [9.17, 15) is 4.79 Å². The zero-order valence-electron chi connectivity index (χ0n) is 14.2. The normalized spacial score (nSPS) is 11.6. The van der Waals surface area contributed by atoms with Gasteiger partial charge in [0.25, 0.3) is 5.91 Å². The van der Waals surface area contributed by atoms with Crippen LogP contribution in [0.4, 0.5) is 5.69 Å². The van der Waals surface area contributed by atoms with Gasteiger partial charge in [0.2, 0.25) is 0 Å². The summed E-state index contributed by atoms with van der Waals surface area (Å²) in [7, 11) is 0. The molecule has 0 aromatic heterocycles. The number of rotatable bonds is 6. The van der Waals surface area contributed by atoms with Crippen LogP contribution >= 0.6 is 0 Å². The summed E-state index contributed by atoms with van der Waals surface area (Å²) in [5.74, 6) is 0.551. The fourth-order valence-corrected chi connectivity index (χ4v) is 2.66. The molecule has 1 atom stereocenters. The molecule has 0 saturated carbocycles. The molecule has 0 fully saturated rings. The highest BCUT2D eigenvalue weighted by atomic mass is 16.5. The summed E-state index contributed by atoms with van der Waals surface area (Å²) in [6, 6.07) is 27.2. The maximum atomic E-state index is 12.7. The van der Waals surface area contributed by atoms with Gasteiger partial charge in [-0.3, -0.25) is 4.79 Å². The van der Waals surface area contributed by atoms with Crippen molar-refractivity contribution in [2.24, 2.45) is 0 Å². The van der Waals surface area contributed by atoms with Gasteiger partial charge in [0.1, 0.15) is 5.75 Å². The van der Waals surface area contributed by atoms with E-state index in [2.05, 4.69) is 5.32 Å². The molecule has 3 rings (SSSR count). The lowest BCUT2D eigenvalue weighted by Gasteiger charge is -2.18. The van der Waals surface area contributed by atoms with Crippen LogP contribution in [0.15, 0.2) is 84.9 Å². The van der Waals surface area contributed by atoms with Crippen LogP contribution in [0.1, 0.15) is 13.3 Å². The fourth-order valence-electron chi connectivity index (χ4n) is 2.66. The number of hydrogen-bond acceptors (Lipinski definition) is 2. The highest BCUT2D eigenvalue weighted by Gasteiger charge is 2.19. The third-order valence-electron chi connectivity index (χ3n) is 3.95. The minimum absolute atomic E-state index is 0.144. The molecule has 25 heavy (non-hydrogen) atoms. The van der Waals surface area contributed by atoms with Crippen LogP contribution in [0.25, 0.3) is 11.1 Å². The monoisotopic (exact) mass is 331 g/mol. The predicted molar refractivity (Wildman–Crippen MR) is 102 cm³/mol. The van der Waals surface area contributed by atoms with Crippen LogP contribution in [0.3, 0.4) is 0 Å². The topological polar surface area (TPSA) is 38.3 Å². The number of para-hydroxylation sites is 2. The summed E-state index contributed by atoms with van der Waals surface area (Å²) in [4.78, 5) is 12.7. The van der Waals surface area contributed by atoms with E-state index in [0.29, 0.717) is 12.2 Å². The van der Waals surface area contributed by atoms with Gasteiger partial charge < -0.3 is 10.1 Å². The molecule has 0 aliphatic rings. The first-order chi connectivity index (χ1) is 12.3. The molecule has 1 N–H and O–H groups in total. The second-order valence-electron chi connectivity index (χ2n) is 5.73. The SMILES string of the molecule is CCC(Oc1ccccc1)C(=O)Nc1ccccc1-c1ccccc1. The van der Waals surface area contributed by atoms with Gasteiger partial charge in [-0.05, 0) is 30.2 Å². The van der Waals surface area contributed by atoms with E-state index in [-0.39, 0.29) is 5.91 Å². The molecular formula is C22H21NO2. The van der Waals surface area contributed by atoms with Crippen molar-refractivity contribution in [1.82, 2.24) is 0 Å². The quantitative estimate of drug-likeness (QED) is 0.678. The number of amides is 1. The van der Waals surface area contributed by atoms with Crippen molar-refractivity contribution >= 4 is 11.6 Å². The van der Waals surface area contributed by atoms with Gasteiger partial charge in [0.15, 0.2) is 6.10 Å². The molecule has 0 spiro atoms. The molecule has 1 unspecified atom stereocenters. The number of ether oxygens (including phenoxy) is 1. The summed E-state index contributed by atoms with van der Waals surface area (Å²) in [6.45, 7) is 1.94. The first kappa shape index (κ1) is 16.8. The van der Waals surface area contributed by atoms with Crippen LogP contribution in [0.2, 0.25) is 0 Å². The third kappa shape index (κ3) is 4.27. The van der Waals surface area contributed by atoms with E-state index in [0.717, 1.165) is 16.8 Å². The second-order valence-corrected chi connectivity index (χ2v) is 5.73. The van der Waals surface area contributed by atoms with Gasteiger partial charge in [-0.1, -0.05) is 73.7 Å². The predicted octanol–water partition coefficient (Wildman–Crippen LogP) is 5.15. The highest BCUT2D eigenvalue weighted by molar-refractivity contribution is 5.98. The van der Waals surface area contributed by atoms with E-state index in [1.54, 1.807) is 0 Å². The van der Waals surface area contributed by atoms with Gasteiger partial charge in [0, 0.05) is 11.3 Å². The van der Waals surface area contributed by atoms with E-state index in [1.807, 2.05) is 91.9 Å². The first-order valence-electron chi connectivity index (χ1n) is 8.45. The molecule has 0 aliphatic carbocycles. The molecule has 0 saturated heterocycles. The summed E-state index contributed by atoms with van der Waals surface area (Å²) in [6.07, 6.45) is 0.0556. The number of benzene rings is 3. The molecule has 0 radical (unpaired) electrons. The second kappa shape index (κ2) is 8.15. The van der Waals surface area contributed by atoms with Crippen molar-refractivity contribution in [3.63, 3.8) is 0 Å². The fraction of sp³-hybridized carbons (Fsp3) is 0.136. The zero-order chi connectivity index (χ0) is 17.5. The van der Waals surface area contributed by atoms with Crippen molar-refractivity contribution in [2.45, 2.75) is 19.4 Å². The minimum atomic E-state index is -0.536. The standard InChI is InChI=1S/C22H21NO2/c1-2-21(25-18-13-7-4-8-14-18)22(24)23-20-16-10-9-15-19(20)17-11-5-3-6-12-17/h3-16,21H,2H2,1H3,(H,23,24). The van der Waals surface area contributed by atoms with Crippen molar-refractivity contribution in [3.8, 4) is 16.9 Å². The van der Waals surface area contributed by atoms with Crippen LogP contribution in [-0.4, -0.2) is 12.0 Å². The minimum Gasteiger partial charge on any atom is -0.481 e. The van der Waals surface area contributed by atoms with E-state index < -0.39 is 6.10 Å². The number of anilines is 1. The molecule has 126 valence electrons. The number of carbonyl (C=O) groups excluding carboxylic acids is 1. The lowest BCUT2D eigenvalue weighted by molar-refractivity contribution is -0.122. The van der Waals surface area contributed by atoms with Gasteiger partial charge in [-0.15, -0.1) is 0 Å². The lowest BCUT2D eigenvalue weighted by atomic mass is 10.0. The van der Waals surface area contributed by atoms with Crippen LogP contribution < -0.4 is 10.1 Å². The first-order valence-corrected chi connectivity index (χ1v) is 8.45. The highest BCUT2D eigenvalue weighted by Crippen LogP contribution is 2.28. The largest absolute Gasteiger partial charge is 0.481 e. The molecule has 0 aliphatic heterocycles. The van der Waals surface area contributed by atoms with Crippen molar-refractivity contribution in [1.29, 1.82) is 0 Å². The van der Waals surface area contributed by atoms with Crippen molar-refractivity contribution in [2.75, 3.05) is 5.32 Å². The van der Waals surface area contributed by atoms with Crippen molar-refractivity contribution in [3.05, 3.63) is 84.9 Å². The third-order valence-corrected chi connectivity index (χ3v) is 3.95. The van der Waals surface area contributed by atoms with E-state index in [4.69, 9.17) is 4.74 Å². The molecule has 0 heterocycles. The van der Waals surface area contributed by atoms with Gasteiger partial charge in [-0.25, -0.2) is 0 Å². The summed E-state index contributed by atoms with van der Waals surface area (Å²) in [5, 5.41) is 3.02. The molecule has 3 aromatic carbocycles. The average molecular weight is 331 g/mol. The molecule has 3 heteroatoms. The summed E-state index contributed by atoms with van der Waals surface area (Å²) >= 11 is 0. The number of hydrogen-bond donors (Lipinski definition) is 1. The average Bonchev–Trinajstić information content (AvgIpc) is 2.68. The van der Waals surface area contributed by atoms with Gasteiger partial charge in [0.05, 0.1) is 0 Å². The zero-order valence-corrected chi connectivity index (χ0v) is 14.2. The molecular weight excluding hydrogens is 310 g/mol. The smallest absolute Gasteiger partial charge is 0.265 e. The van der Waals surface area contributed by atoms with Crippen LogP contribution in [-0.2, 0) is 4.79 Å². The summed E-state index contributed by atoms with van der Waals surface area (Å²) in [5.41, 5.74) is 2.84. The molecule has 1 amide bonds. The Morgan fingerprint density at radius 3 is 2.16 bits per heavy atom. The Kier molecular flexibility index (Phi) is 5.47. The maximum Gasteiger partial charge on any atom is 0.265 e. The summed E-state index contributed by atoms with van der Waals surface area (Å²) < 4.78 is 5.83. The van der Waals surface area contributed by atoms with Crippen LogP contribution in [0.5, 0.6) is 5.75 Å². The number of nitrogens with one attached hydrogen (secondary N) is 1. The van der Waals surface area contributed by atoms with Gasteiger partial charge >= 0.3 is 0 Å². The molecule has 0 bridgehead atoms. The Hall–Kier alpha value is -3.07. The van der Waals surface area contributed by atoms with Gasteiger partial charge in [-0.2, -0.15) is 0 Å². The number of carbonyl (C=O) groups is 1. The van der Waals surface area contributed by atoms with E-state index in [1.165, 1.54) is 0 Å².